The first-order valence-electron chi connectivity index (χ1n) is 13.3. The lowest BCUT2D eigenvalue weighted by atomic mass is 9.81. The lowest BCUT2D eigenvalue weighted by Gasteiger charge is -2.28. The molecule has 2 aromatic carbocycles. The number of benzene rings is 2. The van der Waals surface area contributed by atoms with E-state index in [2.05, 4.69) is 10.4 Å². The van der Waals surface area contributed by atoms with E-state index in [1.165, 1.54) is 17.0 Å². The zero-order valence-electron chi connectivity index (χ0n) is 23.4. The second-order valence-corrected chi connectivity index (χ2v) is 10.8. The van der Waals surface area contributed by atoms with E-state index in [-0.39, 0.29) is 0 Å². The number of carbonyl (C=O) groups excluding carboxylic acids is 1. The molecule has 0 aliphatic heterocycles. The van der Waals surface area contributed by atoms with Crippen molar-refractivity contribution in [1.29, 1.82) is 0 Å². The molecule has 1 fully saturated rings. The van der Waals surface area contributed by atoms with Crippen molar-refractivity contribution in [3.63, 3.8) is 0 Å². The number of nitrogens with one attached hydrogen (secondary N) is 1. The first-order chi connectivity index (χ1) is 19.2. The number of halogens is 1. The van der Waals surface area contributed by atoms with Crippen LogP contribution in [0, 0.1) is 5.82 Å². The number of rotatable bonds is 8. The molecular formula is C30H34FN5O4. The van der Waals surface area contributed by atoms with Crippen molar-refractivity contribution in [2.24, 2.45) is 0 Å². The van der Waals surface area contributed by atoms with Crippen molar-refractivity contribution >= 4 is 29.1 Å². The minimum atomic E-state index is -0.776. The van der Waals surface area contributed by atoms with Crippen LogP contribution >= 0.6 is 0 Å². The van der Waals surface area contributed by atoms with Gasteiger partial charge in [0.15, 0.2) is 5.65 Å². The number of ether oxygens (including phenoxy) is 3. The molecule has 1 N–H and O–H groups in total. The molecule has 0 unspecified atom stereocenters. The molecule has 4 aromatic rings. The number of carbonyl (C=O) groups is 1. The highest BCUT2D eigenvalue weighted by Gasteiger charge is 2.30. The van der Waals surface area contributed by atoms with Gasteiger partial charge in [-0.25, -0.2) is 19.1 Å². The molecule has 2 heterocycles. The molecule has 10 heteroatoms. The first kappa shape index (κ1) is 27.2. The minimum Gasteiger partial charge on any atom is -0.497 e. The normalized spacial score (nSPS) is 13.6. The van der Waals surface area contributed by atoms with E-state index >= 15 is 0 Å². The van der Waals surface area contributed by atoms with E-state index in [9.17, 15) is 9.18 Å². The summed E-state index contributed by atoms with van der Waals surface area (Å²) >= 11 is 0. The summed E-state index contributed by atoms with van der Waals surface area (Å²) in [5.74, 6) is 2.12. The summed E-state index contributed by atoms with van der Waals surface area (Å²) in [7, 11) is 3.21. The molecule has 1 amide bonds. The lowest BCUT2D eigenvalue weighted by molar-refractivity contribution is 0.0597. The third-order valence-corrected chi connectivity index (χ3v) is 6.85. The standard InChI is InChI=1S/C30H34FN5O4/c1-30(2,3)40-29(37)35(22-11-7-10-21(31)14-22)27-16-26(32-17-20-12-13-23(38-4)15-25(20)39-5)34-28-24(18-33-36(27)28)19-8-6-9-19/h7,10-16,18-19H,6,8-9,17H2,1-5H3,(H,32,34). The Kier molecular flexibility index (Phi) is 7.51. The predicted octanol–water partition coefficient (Wildman–Crippen LogP) is 6.84. The minimum absolute atomic E-state index is 0.310. The van der Waals surface area contributed by atoms with Crippen molar-refractivity contribution in [3.8, 4) is 11.5 Å². The van der Waals surface area contributed by atoms with Gasteiger partial charge in [-0.05, 0) is 69.9 Å². The molecule has 1 aliphatic carbocycles. The molecule has 0 radical (unpaired) electrons. The summed E-state index contributed by atoms with van der Waals surface area (Å²) < 4.78 is 32.6. The monoisotopic (exact) mass is 547 g/mol. The third kappa shape index (κ3) is 5.66. The number of nitrogens with zero attached hydrogens (tertiary/aromatic N) is 4. The highest BCUT2D eigenvalue weighted by Crippen LogP contribution is 2.40. The fraction of sp³-hybridized carbons (Fsp3) is 0.367. The summed E-state index contributed by atoms with van der Waals surface area (Å²) in [5, 5.41) is 8.00. The topological polar surface area (TPSA) is 90.2 Å². The Hall–Kier alpha value is -4.34. The quantitative estimate of drug-likeness (QED) is 0.258. The molecule has 0 bridgehead atoms. The zero-order valence-corrected chi connectivity index (χ0v) is 23.4. The van der Waals surface area contributed by atoms with E-state index in [1.54, 1.807) is 57.7 Å². The van der Waals surface area contributed by atoms with Crippen LogP contribution in [0.1, 0.15) is 57.1 Å². The van der Waals surface area contributed by atoms with Crippen LogP contribution in [0.15, 0.2) is 54.7 Å². The number of hydrogen-bond donors (Lipinski definition) is 1. The van der Waals surface area contributed by atoms with Gasteiger partial charge in [-0.1, -0.05) is 12.5 Å². The summed E-state index contributed by atoms with van der Waals surface area (Å²) in [6, 6.07) is 13.2. The van der Waals surface area contributed by atoms with Crippen LogP contribution in [0.25, 0.3) is 5.65 Å². The summed E-state index contributed by atoms with van der Waals surface area (Å²) in [5.41, 5.74) is 2.08. The van der Waals surface area contributed by atoms with Gasteiger partial charge in [-0.15, -0.1) is 0 Å². The summed E-state index contributed by atoms with van der Waals surface area (Å²) in [4.78, 5) is 19.9. The molecule has 210 valence electrons. The van der Waals surface area contributed by atoms with Gasteiger partial charge in [0.2, 0.25) is 0 Å². The molecule has 40 heavy (non-hydrogen) atoms. The van der Waals surface area contributed by atoms with Gasteiger partial charge in [-0.3, -0.25) is 0 Å². The van der Waals surface area contributed by atoms with Gasteiger partial charge in [0.25, 0.3) is 0 Å². The average molecular weight is 548 g/mol. The lowest BCUT2D eigenvalue weighted by Crippen LogP contribution is -2.35. The summed E-state index contributed by atoms with van der Waals surface area (Å²) in [6.07, 6.45) is 4.41. The molecule has 0 spiro atoms. The van der Waals surface area contributed by atoms with Crippen molar-refractivity contribution in [3.05, 3.63) is 71.7 Å². The predicted molar refractivity (Wildman–Crippen MR) is 151 cm³/mol. The Balaban J connectivity index is 1.61. The van der Waals surface area contributed by atoms with Gasteiger partial charge < -0.3 is 19.5 Å². The van der Waals surface area contributed by atoms with Gasteiger partial charge in [0.05, 0.1) is 26.1 Å². The van der Waals surface area contributed by atoms with Crippen molar-refractivity contribution < 1.29 is 23.4 Å². The second kappa shape index (κ2) is 11.0. The Labute approximate surface area is 232 Å². The SMILES string of the molecule is COc1ccc(CNc2cc(N(C(=O)OC(C)(C)C)c3cccc(F)c3)n3ncc(C4CCC4)c3n2)c(OC)c1. The van der Waals surface area contributed by atoms with Crippen LogP contribution < -0.4 is 19.7 Å². The Morgan fingerprint density at radius 1 is 1.12 bits per heavy atom. The molecule has 9 nitrogen and oxygen atoms in total. The average Bonchev–Trinajstić information content (AvgIpc) is 3.29. The molecule has 0 atom stereocenters. The fourth-order valence-corrected chi connectivity index (χ4v) is 4.66. The van der Waals surface area contributed by atoms with E-state index in [0.717, 1.165) is 30.4 Å². The first-order valence-corrected chi connectivity index (χ1v) is 13.3. The summed E-state index contributed by atoms with van der Waals surface area (Å²) in [6.45, 7) is 5.76. The van der Waals surface area contributed by atoms with Crippen LogP contribution in [0.5, 0.6) is 11.5 Å². The van der Waals surface area contributed by atoms with Crippen molar-refractivity contribution in [2.45, 2.75) is 58.1 Å². The zero-order chi connectivity index (χ0) is 28.4. The van der Waals surface area contributed by atoms with Gasteiger partial charge in [0.1, 0.15) is 34.6 Å². The highest BCUT2D eigenvalue weighted by molar-refractivity contribution is 5.96. The molecule has 1 aliphatic rings. The maximum Gasteiger partial charge on any atom is 0.420 e. The Bertz CT molecular complexity index is 1530. The molecule has 2 aromatic heterocycles. The van der Waals surface area contributed by atoms with E-state index in [4.69, 9.17) is 19.2 Å². The van der Waals surface area contributed by atoms with E-state index in [0.29, 0.717) is 46.9 Å². The fourth-order valence-electron chi connectivity index (χ4n) is 4.66. The Morgan fingerprint density at radius 3 is 2.58 bits per heavy atom. The number of methoxy groups -OCH3 is 2. The van der Waals surface area contributed by atoms with Crippen LogP contribution in [0.2, 0.25) is 0 Å². The molecular weight excluding hydrogens is 513 g/mol. The number of amides is 1. The number of fused-ring (bicyclic) bond motifs is 1. The van der Waals surface area contributed by atoms with Crippen LogP contribution in [0.3, 0.4) is 0 Å². The van der Waals surface area contributed by atoms with Crippen molar-refractivity contribution in [1.82, 2.24) is 14.6 Å². The third-order valence-electron chi connectivity index (χ3n) is 6.85. The van der Waals surface area contributed by atoms with Crippen LogP contribution in [-0.4, -0.2) is 40.5 Å². The Morgan fingerprint density at radius 2 is 1.93 bits per heavy atom. The number of aromatic nitrogens is 3. The second-order valence-electron chi connectivity index (χ2n) is 10.8. The van der Waals surface area contributed by atoms with Crippen LogP contribution in [0.4, 0.5) is 26.5 Å². The maximum atomic E-state index is 14.4. The molecule has 5 rings (SSSR count). The van der Waals surface area contributed by atoms with Crippen LogP contribution in [-0.2, 0) is 11.3 Å². The number of anilines is 3. The van der Waals surface area contributed by atoms with Gasteiger partial charge in [-0.2, -0.15) is 9.61 Å². The van der Waals surface area contributed by atoms with Gasteiger partial charge >= 0.3 is 6.09 Å². The van der Waals surface area contributed by atoms with E-state index < -0.39 is 17.5 Å². The maximum absolute atomic E-state index is 14.4. The highest BCUT2D eigenvalue weighted by atomic mass is 19.1. The molecule has 0 saturated heterocycles. The van der Waals surface area contributed by atoms with Crippen molar-refractivity contribution in [2.75, 3.05) is 24.4 Å². The largest absolute Gasteiger partial charge is 0.497 e. The molecule has 1 saturated carbocycles. The van der Waals surface area contributed by atoms with Gasteiger partial charge in [0, 0.05) is 29.8 Å². The van der Waals surface area contributed by atoms with E-state index in [1.807, 2.05) is 24.4 Å². The number of hydrogen-bond acceptors (Lipinski definition) is 7. The smallest absolute Gasteiger partial charge is 0.420 e.